The first-order valence-electron chi connectivity index (χ1n) is 11.7. The number of thioether (sulfide) groups is 1. The van der Waals surface area contributed by atoms with Crippen LogP contribution in [-0.4, -0.2) is 47.4 Å². The van der Waals surface area contributed by atoms with E-state index in [0.29, 0.717) is 34.7 Å². The minimum absolute atomic E-state index is 0.125. The molecular formula is C25H28N4O5S. The molecule has 5 rings (SSSR count). The van der Waals surface area contributed by atoms with E-state index in [1.54, 1.807) is 32.4 Å². The van der Waals surface area contributed by atoms with E-state index in [1.807, 2.05) is 18.2 Å². The first kappa shape index (κ1) is 23.3. The van der Waals surface area contributed by atoms with Crippen LogP contribution in [0.3, 0.4) is 0 Å². The third-order valence-electron chi connectivity index (χ3n) is 6.23. The Labute approximate surface area is 208 Å². The van der Waals surface area contributed by atoms with Crippen LogP contribution in [-0.2, 0) is 4.79 Å². The number of rotatable bonds is 8. The highest BCUT2D eigenvalue weighted by Crippen LogP contribution is 2.38. The number of nitrogens with one attached hydrogen (secondary N) is 1. The van der Waals surface area contributed by atoms with E-state index in [0.717, 1.165) is 29.4 Å². The minimum Gasteiger partial charge on any atom is -0.493 e. The molecule has 1 aliphatic carbocycles. The van der Waals surface area contributed by atoms with Gasteiger partial charge >= 0.3 is 0 Å². The lowest BCUT2D eigenvalue weighted by Crippen LogP contribution is -2.17. The second kappa shape index (κ2) is 10.5. The smallest absolute Gasteiger partial charge is 0.234 e. The quantitative estimate of drug-likeness (QED) is 0.439. The molecule has 3 aromatic rings. The fourth-order valence-electron chi connectivity index (χ4n) is 4.52. The SMILES string of the molecule is COc1ccc(-c2nnc(SCC(=O)Nc3ccc4c(c3)OCO4)n2C2CCCCC2)cc1OC. The molecule has 10 heteroatoms. The summed E-state index contributed by atoms with van der Waals surface area (Å²) in [5.41, 5.74) is 1.57. The fourth-order valence-corrected chi connectivity index (χ4v) is 5.32. The number of benzene rings is 2. The van der Waals surface area contributed by atoms with Crippen molar-refractivity contribution in [1.82, 2.24) is 14.8 Å². The number of aromatic nitrogens is 3. The van der Waals surface area contributed by atoms with Crippen molar-refractivity contribution >= 4 is 23.4 Å². The minimum atomic E-state index is -0.125. The second-order valence-corrected chi connectivity index (χ2v) is 9.39. The molecule has 0 radical (unpaired) electrons. The van der Waals surface area contributed by atoms with Gasteiger partial charge in [-0.25, -0.2) is 0 Å². The monoisotopic (exact) mass is 496 g/mol. The fraction of sp³-hybridized carbons (Fsp3) is 0.400. The summed E-state index contributed by atoms with van der Waals surface area (Å²) >= 11 is 1.39. The molecule has 9 nitrogen and oxygen atoms in total. The zero-order valence-corrected chi connectivity index (χ0v) is 20.6. The highest BCUT2D eigenvalue weighted by Gasteiger charge is 2.25. The molecule has 1 saturated carbocycles. The highest BCUT2D eigenvalue weighted by molar-refractivity contribution is 7.99. The van der Waals surface area contributed by atoms with Crippen molar-refractivity contribution in [2.75, 3.05) is 32.1 Å². The van der Waals surface area contributed by atoms with Crippen molar-refractivity contribution in [3.63, 3.8) is 0 Å². The van der Waals surface area contributed by atoms with Crippen molar-refractivity contribution in [3.05, 3.63) is 36.4 Å². The summed E-state index contributed by atoms with van der Waals surface area (Å²) in [6.45, 7) is 0.196. The lowest BCUT2D eigenvalue weighted by atomic mass is 9.95. The molecular weight excluding hydrogens is 468 g/mol. The maximum absolute atomic E-state index is 12.7. The Kier molecular flexibility index (Phi) is 6.98. The number of amides is 1. The van der Waals surface area contributed by atoms with E-state index in [4.69, 9.17) is 18.9 Å². The van der Waals surface area contributed by atoms with Gasteiger partial charge in [0.25, 0.3) is 0 Å². The van der Waals surface area contributed by atoms with Crippen molar-refractivity contribution < 1.29 is 23.7 Å². The van der Waals surface area contributed by atoms with Gasteiger partial charge in [0.15, 0.2) is 34.0 Å². The number of carbonyl (C=O) groups is 1. The van der Waals surface area contributed by atoms with E-state index in [1.165, 1.54) is 31.0 Å². The van der Waals surface area contributed by atoms with Crippen LogP contribution in [0, 0.1) is 0 Å². The molecule has 0 bridgehead atoms. The van der Waals surface area contributed by atoms with Crippen LogP contribution in [0.15, 0.2) is 41.6 Å². The maximum Gasteiger partial charge on any atom is 0.234 e. The molecule has 2 aliphatic rings. The largest absolute Gasteiger partial charge is 0.493 e. The molecule has 184 valence electrons. The molecule has 1 fully saturated rings. The molecule has 0 unspecified atom stereocenters. The van der Waals surface area contributed by atoms with Crippen LogP contribution in [0.1, 0.15) is 38.1 Å². The Hall–Kier alpha value is -3.40. The van der Waals surface area contributed by atoms with Crippen molar-refractivity contribution in [3.8, 4) is 34.4 Å². The molecule has 1 amide bonds. The molecule has 1 N–H and O–H groups in total. The van der Waals surface area contributed by atoms with E-state index in [9.17, 15) is 4.79 Å². The van der Waals surface area contributed by atoms with Gasteiger partial charge in [0.05, 0.1) is 20.0 Å². The number of anilines is 1. The standard InChI is InChI=1S/C25H28N4O5S/c1-31-19-10-8-16(12-21(19)32-2)24-27-28-25(29(24)18-6-4-3-5-7-18)35-14-23(30)26-17-9-11-20-22(13-17)34-15-33-20/h8-13,18H,3-7,14-15H2,1-2H3,(H,26,30). The Balaban J connectivity index is 1.36. The van der Waals surface area contributed by atoms with Gasteiger partial charge in [0.2, 0.25) is 12.7 Å². The molecule has 0 spiro atoms. The van der Waals surface area contributed by atoms with Crippen LogP contribution in [0.25, 0.3) is 11.4 Å². The average Bonchev–Trinajstić information content (AvgIpc) is 3.54. The number of hydrogen-bond donors (Lipinski definition) is 1. The van der Waals surface area contributed by atoms with E-state index in [2.05, 4.69) is 20.1 Å². The van der Waals surface area contributed by atoms with Gasteiger partial charge in [0, 0.05) is 23.4 Å². The van der Waals surface area contributed by atoms with E-state index < -0.39 is 0 Å². The maximum atomic E-state index is 12.7. The zero-order valence-electron chi connectivity index (χ0n) is 19.8. The number of carbonyl (C=O) groups excluding carboxylic acids is 1. The van der Waals surface area contributed by atoms with Crippen LogP contribution in [0.4, 0.5) is 5.69 Å². The van der Waals surface area contributed by atoms with E-state index in [-0.39, 0.29) is 18.5 Å². The second-order valence-electron chi connectivity index (χ2n) is 8.44. The van der Waals surface area contributed by atoms with Gasteiger partial charge in [-0.15, -0.1) is 10.2 Å². The summed E-state index contributed by atoms with van der Waals surface area (Å²) in [5.74, 6) is 3.48. The first-order chi connectivity index (χ1) is 17.2. The predicted octanol–water partition coefficient (Wildman–Crippen LogP) is 4.93. The lowest BCUT2D eigenvalue weighted by molar-refractivity contribution is -0.113. The molecule has 0 atom stereocenters. The van der Waals surface area contributed by atoms with Crippen molar-refractivity contribution in [1.29, 1.82) is 0 Å². The molecule has 2 aromatic carbocycles. The summed E-state index contributed by atoms with van der Waals surface area (Å²) in [4.78, 5) is 12.7. The molecule has 2 heterocycles. The Morgan fingerprint density at radius 1 is 1.03 bits per heavy atom. The molecule has 0 saturated heterocycles. The van der Waals surface area contributed by atoms with Crippen LogP contribution in [0.2, 0.25) is 0 Å². The van der Waals surface area contributed by atoms with Crippen molar-refractivity contribution in [2.24, 2.45) is 0 Å². The van der Waals surface area contributed by atoms with Crippen LogP contribution in [0.5, 0.6) is 23.0 Å². The van der Waals surface area contributed by atoms with Crippen molar-refractivity contribution in [2.45, 2.75) is 43.3 Å². The lowest BCUT2D eigenvalue weighted by Gasteiger charge is -2.25. The summed E-state index contributed by atoms with van der Waals surface area (Å²) in [7, 11) is 3.24. The third-order valence-corrected chi connectivity index (χ3v) is 7.18. The first-order valence-corrected chi connectivity index (χ1v) is 12.6. The van der Waals surface area contributed by atoms with Gasteiger partial charge in [-0.05, 0) is 43.2 Å². The average molecular weight is 497 g/mol. The van der Waals surface area contributed by atoms with Gasteiger partial charge in [0.1, 0.15) is 0 Å². The van der Waals surface area contributed by atoms with Gasteiger partial charge in [-0.1, -0.05) is 31.0 Å². The summed E-state index contributed by atoms with van der Waals surface area (Å²) in [6, 6.07) is 11.4. The van der Waals surface area contributed by atoms with Crippen LogP contribution >= 0.6 is 11.8 Å². The number of fused-ring (bicyclic) bond motifs is 1. The zero-order chi connectivity index (χ0) is 24.2. The molecule has 1 aliphatic heterocycles. The van der Waals surface area contributed by atoms with Crippen LogP contribution < -0.4 is 24.3 Å². The number of methoxy groups -OCH3 is 2. The Bertz CT molecular complexity index is 1210. The number of nitrogens with zero attached hydrogens (tertiary/aromatic N) is 3. The normalized spacial score (nSPS) is 15.1. The Morgan fingerprint density at radius 2 is 1.83 bits per heavy atom. The van der Waals surface area contributed by atoms with Gasteiger partial charge < -0.3 is 24.3 Å². The summed E-state index contributed by atoms with van der Waals surface area (Å²) in [5, 5.41) is 12.7. The molecule has 35 heavy (non-hydrogen) atoms. The number of ether oxygens (including phenoxy) is 4. The third kappa shape index (κ3) is 5.02. The molecule has 1 aromatic heterocycles. The highest BCUT2D eigenvalue weighted by atomic mass is 32.2. The van der Waals surface area contributed by atoms with E-state index >= 15 is 0 Å². The number of hydrogen-bond acceptors (Lipinski definition) is 8. The topological polar surface area (TPSA) is 96.7 Å². The summed E-state index contributed by atoms with van der Waals surface area (Å²) < 4.78 is 23.8. The predicted molar refractivity (Wildman–Crippen MR) is 133 cm³/mol. The van der Waals surface area contributed by atoms with Gasteiger partial charge in [-0.3, -0.25) is 9.36 Å². The van der Waals surface area contributed by atoms with Gasteiger partial charge in [-0.2, -0.15) is 0 Å². The summed E-state index contributed by atoms with van der Waals surface area (Å²) in [6.07, 6.45) is 5.71. The Morgan fingerprint density at radius 3 is 2.63 bits per heavy atom.